The molecule has 1 aliphatic heterocycles. The van der Waals surface area contributed by atoms with Crippen molar-refractivity contribution in [1.82, 2.24) is 0 Å². The van der Waals surface area contributed by atoms with Gasteiger partial charge in [-0.15, -0.1) is 0 Å². The Balaban J connectivity index is 1.77. The molecule has 2 spiro atoms. The Morgan fingerprint density at radius 3 is 2.50 bits per heavy atom. The number of halogens is 4. The van der Waals surface area contributed by atoms with Gasteiger partial charge in [-0.05, 0) is 56.7 Å². The summed E-state index contributed by atoms with van der Waals surface area (Å²) in [6.07, 6.45) is -0.201. The number of rotatable bonds is 0. The number of benzene rings is 1. The van der Waals surface area contributed by atoms with Crippen molar-refractivity contribution in [2.45, 2.75) is 50.9 Å². The van der Waals surface area contributed by atoms with Gasteiger partial charge in [-0.25, -0.2) is 0 Å². The molecule has 1 heterocycles. The minimum atomic E-state index is -4.10. The molecule has 1 saturated carbocycles. The fourth-order valence-corrected chi connectivity index (χ4v) is 5.07. The van der Waals surface area contributed by atoms with E-state index < -0.39 is 17.8 Å². The standard InChI is InChI=1S/C18H18BrF3N2/c1-11-10-23-17(24-11)15-8-14(19)3-2-12(15)9-16(17)6-4-13(5-7-16)18(20,21)22/h2-3,8,10,13H,4-7,9H2,1H3. The second-order valence-electron chi connectivity index (χ2n) is 7.26. The lowest BCUT2D eigenvalue weighted by atomic mass is 9.64. The summed E-state index contributed by atoms with van der Waals surface area (Å²) in [5, 5.41) is 0. The summed E-state index contributed by atoms with van der Waals surface area (Å²) in [5.74, 6) is -1.19. The van der Waals surface area contributed by atoms with E-state index in [9.17, 15) is 13.2 Å². The molecule has 128 valence electrons. The van der Waals surface area contributed by atoms with Crippen LogP contribution in [-0.2, 0) is 12.1 Å². The highest BCUT2D eigenvalue weighted by molar-refractivity contribution is 9.10. The van der Waals surface area contributed by atoms with E-state index in [1.165, 1.54) is 5.56 Å². The van der Waals surface area contributed by atoms with Crippen molar-refractivity contribution in [2.75, 3.05) is 0 Å². The number of hydrogen-bond donors (Lipinski definition) is 0. The largest absolute Gasteiger partial charge is 0.391 e. The molecule has 1 fully saturated rings. The highest BCUT2D eigenvalue weighted by Gasteiger charge is 2.61. The third-order valence-corrected chi connectivity index (χ3v) is 6.39. The Morgan fingerprint density at radius 1 is 1.21 bits per heavy atom. The van der Waals surface area contributed by atoms with Gasteiger partial charge in [-0.2, -0.15) is 13.2 Å². The van der Waals surface area contributed by atoms with Gasteiger partial charge >= 0.3 is 6.18 Å². The van der Waals surface area contributed by atoms with Crippen molar-refractivity contribution < 1.29 is 13.2 Å². The van der Waals surface area contributed by atoms with Crippen LogP contribution in [0.15, 0.2) is 32.7 Å². The van der Waals surface area contributed by atoms with Crippen molar-refractivity contribution in [3.63, 3.8) is 0 Å². The van der Waals surface area contributed by atoms with Crippen LogP contribution in [0.4, 0.5) is 13.2 Å². The molecule has 24 heavy (non-hydrogen) atoms. The zero-order valence-corrected chi connectivity index (χ0v) is 14.9. The van der Waals surface area contributed by atoms with E-state index in [0.29, 0.717) is 12.8 Å². The molecule has 4 rings (SSSR count). The maximum absolute atomic E-state index is 13.1. The molecule has 1 atom stereocenters. The first-order chi connectivity index (χ1) is 11.3. The monoisotopic (exact) mass is 398 g/mol. The van der Waals surface area contributed by atoms with Gasteiger partial charge < -0.3 is 0 Å². The molecule has 2 aliphatic carbocycles. The van der Waals surface area contributed by atoms with E-state index in [-0.39, 0.29) is 18.3 Å². The third-order valence-electron chi connectivity index (χ3n) is 5.90. The molecule has 1 aromatic carbocycles. The predicted octanol–water partition coefficient (Wildman–Crippen LogP) is 5.44. The summed E-state index contributed by atoms with van der Waals surface area (Å²) in [4.78, 5) is 9.62. The minimum absolute atomic E-state index is 0.171. The summed E-state index contributed by atoms with van der Waals surface area (Å²) in [7, 11) is 0. The smallest absolute Gasteiger partial charge is 0.256 e. The van der Waals surface area contributed by atoms with Crippen LogP contribution in [0.2, 0.25) is 0 Å². The first-order valence-electron chi connectivity index (χ1n) is 8.23. The maximum atomic E-state index is 13.1. The van der Waals surface area contributed by atoms with Crippen LogP contribution in [0.25, 0.3) is 0 Å². The molecule has 3 aliphatic rings. The van der Waals surface area contributed by atoms with Gasteiger partial charge in [0.2, 0.25) is 0 Å². The van der Waals surface area contributed by atoms with E-state index in [0.717, 1.165) is 22.2 Å². The quantitative estimate of drug-likeness (QED) is 0.555. The number of aliphatic imine (C=N–C) groups is 2. The lowest BCUT2D eigenvalue weighted by Crippen LogP contribution is -2.44. The first-order valence-corrected chi connectivity index (χ1v) is 9.02. The van der Waals surface area contributed by atoms with Crippen LogP contribution >= 0.6 is 15.9 Å². The third kappa shape index (κ3) is 2.21. The molecule has 1 aromatic rings. The van der Waals surface area contributed by atoms with E-state index in [2.05, 4.69) is 22.0 Å². The zero-order chi connectivity index (χ0) is 17.2. The van der Waals surface area contributed by atoms with E-state index in [4.69, 9.17) is 9.98 Å². The van der Waals surface area contributed by atoms with Crippen molar-refractivity contribution >= 4 is 27.9 Å². The van der Waals surface area contributed by atoms with Crippen molar-refractivity contribution in [3.05, 3.63) is 33.8 Å². The summed E-state index contributed by atoms with van der Waals surface area (Å²) in [5.41, 5.74) is 2.01. The predicted molar refractivity (Wildman–Crippen MR) is 91.6 cm³/mol. The second kappa shape index (κ2) is 5.16. The molecule has 0 bridgehead atoms. The van der Waals surface area contributed by atoms with Crippen LogP contribution in [0, 0.1) is 11.3 Å². The molecule has 1 unspecified atom stereocenters. The van der Waals surface area contributed by atoms with Crippen molar-refractivity contribution in [1.29, 1.82) is 0 Å². The van der Waals surface area contributed by atoms with Crippen LogP contribution < -0.4 is 0 Å². The Kier molecular flexibility index (Phi) is 3.51. The molecular weight excluding hydrogens is 381 g/mol. The molecule has 0 amide bonds. The molecule has 0 saturated heterocycles. The summed E-state index contributed by atoms with van der Waals surface area (Å²) in [6.45, 7) is 1.91. The van der Waals surface area contributed by atoms with Gasteiger partial charge in [0.05, 0.1) is 11.6 Å². The van der Waals surface area contributed by atoms with Crippen LogP contribution in [-0.4, -0.2) is 18.1 Å². The van der Waals surface area contributed by atoms with Crippen LogP contribution in [0.1, 0.15) is 43.7 Å². The van der Waals surface area contributed by atoms with Crippen molar-refractivity contribution in [3.8, 4) is 0 Å². The molecule has 0 N–H and O–H groups in total. The lowest BCUT2D eigenvalue weighted by Gasteiger charge is -2.45. The van der Waals surface area contributed by atoms with E-state index >= 15 is 0 Å². The van der Waals surface area contributed by atoms with Gasteiger partial charge in [0.1, 0.15) is 0 Å². The highest BCUT2D eigenvalue weighted by Crippen LogP contribution is 2.63. The average molecular weight is 399 g/mol. The van der Waals surface area contributed by atoms with Crippen molar-refractivity contribution in [2.24, 2.45) is 21.3 Å². The fourth-order valence-electron chi connectivity index (χ4n) is 4.71. The number of hydrogen-bond acceptors (Lipinski definition) is 2. The van der Waals surface area contributed by atoms with Gasteiger partial charge in [0.25, 0.3) is 0 Å². The molecule has 6 heteroatoms. The molecule has 0 aromatic heterocycles. The average Bonchev–Trinajstić information content (AvgIpc) is 3.01. The Morgan fingerprint density at radius 2 is 1.92 bits per heavy atom. The van der Waals surface area contributed by atoms with Gasteiger partial charge in [0.15, 0.2) is 5.66 Å². The highest BCUT2D eigenvalue weighted by atomic mass is 79.9. The lowest BCUT2D eigenvalue weighted by molar-refractivity contribution is -0.189. The fraction of sp³-hybridized carbons (Fsp3) is 0.556. The van der Waals surface area contributed by atoms with Gasteiger partial charge in [-0.3, -0.25) is 9.98 Å². The Bertz CT molecular complexity index is 745. The zero-order valence-electron chi connectivity index (χ0n) is 13.3. The van der Waals surface area contributed by atoms with Crippen LogP contribution in [0.3, 0.4) is 0 Å². The molecule has 0 radical (unpaired) electrons. The second-order valence-corrected chi connectivity index (χ2v) is 8.17. The SMILES string of the molecule is CC1=NC2(N=C1)c1cc(Br)ccc1CC21CCC(C(F)(F)F)CC1. The Labute approximate surface area is 147 Å². The summed E-state index contributed by atoms with van der Waals surface area (Å²) < 4.78 is 40.3. The molecule has 2 nitrogen and oxygen atoms in total. The van der Waals surface area contributed by atoms with Gasteiger partial charge in [-0.1, -0.05) is 22.0 Å². The maximum Gasteiger partial charge on any atom is 0.391 e. The van der Waals surface area contributed by atoms with Gasteiger partial charge in [0, 0.05) is 21.7 Å². The number of alkyl halides is 3. The summed E-state index contributed by atoms with van der Waals surface area (Å²) >= 11 is 3.51. The Hall–Kier alpha value is -1.17. The summed E-state index contributed by atoms with van der Waals surface area (Å²) in [6, 6.07) is 6.09. The van der Waals surface area contributed by atoms with Crippen LogP contribution in [0.5, 0.6) is 0 Å². The topological polar surface area (TPSA) is 24.7 Å². The molecular formula is C18H18BrF3N2. The number of fused-ring (bicyclic) bond motifs is 3. The normalized spacial score (nSPS) is 34.9. The number of nitrogens with zero attached hydrogens (tertiary/aromatic N) is 2. The minimum Gasteiger partial charge on any atom is -0.256 e. The first kappa shape index (κ1) is 16.3. The van der Waals surface area contributed by atoms with E-state index in [1.54, 1.807) is 6.21 Å². The van der Waals surface area contributed by atoms with E-state index in [1.807, 2.05) is 19.1 Å².